The average molecular weight is 539 g/mol. The van der Waals surface area contributed by atoms with Gasteiger partial charge in [0.25, 0.3) is 0 Å². The maximum Gasteiger partial charge on any atom is 0.231 e. The molecule has 0 saturated carbocycles. The molecule has 31 heavy (non-hydrogen) atoms. The average Bonchev–Trinajstić information content (AvgIpc) is 3.36. The Morgan fingerprint density at radius 3 is 2.71 bits per heavy atom. The van der Waals surface area contributed by atoms with Crippen molar-refractivity contribution in [1.29, 1.82) is 5.41 Å². The van der Waals surface area contributed by atoms with Gasteiger partial charge in [0.15, 0.2) is 27.8 Å². The van der Waals surface area contributed by atoms with Crippen molar-refractivity contribution in [3.8, 4) is 11.5 Å². The van der Waals surface area contributed by atoms with Crippen LogP contribution in [0.5, 0.6) is 11.5 Å². The van der Waals surface area contributed by atoms with Crippen LogP contribution in [-0.2, 0) is 13.0 Å². The Kier molecular flexibility index (Phi) is 5.60. The van der Waals surface area contributed by atoms with Gasteiger partial charge in [-0.1, -0.05) is 41.0 Å². The Labute approximate surface area is 199 Å². The molecule has 0 atom stereocenters. The zero-order valence-corrected chi connectivity index (χ0v) is 19.7. The molecule has 0 unspecified atom stereocenters. The fraction of sp³-hybridized carbons (Fsp3) is 0.150. The molecule has 2 N–H and O–H groups in total. The van der Waals surface area contributed by atoms with Crippen LogP contribution in [0.2, 0.25) is 10.0 Å². The number of nitrogens with zero attached hydrogens (tertiary/aromatic N) is 3. The van der Waals surface area contributed by atoms with E-state index in [0.29, 0.717) is 50.8 Å². The minimum Gasteiger partial charge on any atom is -0.454 e. The number of H-pyrrole nitrogens is 1. The fourth-order valence-corrected chi connectivity index (χ4v) is 5.23. The molecule has 3 heterocycles. The van der Waals surface area contributed by atoms with E-state index in [2.05, 4.69) is 25.9 Å². The number of ether oxygens (including phenoxy) is 2. The fourth-order valence-electron chi connectivity index (χ4n) is 3.26. The third kappa shape index (κ3) is 4.03. The largest absolute Gasteiger partial charge is 0.454 e. The summed E-state index contributed by atoms with van der Waals surface area (Å²) in [6, 6.07) is 9.23. The summed E-state index contributed by atoms with van der Waals surface area (Å²) < 4.78 is 13.6. The van der Waals surface area contributed by atoms with E-state index in [1.54, 1.807) is 6.33 Å². The van der Waals surface area contributed by atoms with Crippen LogP contribution in [0.1, 0.15) is 5.56 Å². The number of rotatable bonds is 5. The zero-order valence-electron chi connectivity index (χ0n) is 15.8. The van der Waals surface area contributed by atoms with Gasteiger partial charge in [0.05, 0.1) is 6.33 Å². The quantitative estimate of drug-likeness (QED) is 0.353. The van der Waals surface area contributed by atoms with Crippen molar-refractivity contribution >= 4 is 62.1 Å². The van der Waals surface area contributed by atoms with E-state index in [4.69, 9.17) is 43.1 Å². The van der Waals surface area contributed by atoms with Crippen molar-refractivity contribution in [2.24, 2.45) is 0 Å². The Hall–Kier alpha value is -2.20. The number of hydrogen-bond acceptors (Lipinski definition) is 6. The van der Waals surface area contributed by atoms with E-state index in [9.17, 15) is 0 Å². The van der Waals surface area contributed by atoms with Gasteiger partial charge in [-0.3, -0.25) is 5.41 Å². The van der Waals surface area contributed by atoms with Crippen LogP contribution < -0.4 is 15.0 Å². The Bertz CT molecular complexity index is 1350. The number of benzene rings is 2. The Morgan fingerprint density at radius 1 is 1.19 bits per heavy atom. The summed E-state index contributed by atoms with van der Waals surface area (Å²) >= 11 is 17.6. The number of aromatic amines is 1. The molecule has 5 rings (SSSR count). The normalized spacial score (nSPS) is 12.6. The molecule has 0 bridgehead atoms. The molecule has 0 amide bonds. The topological polar surface area (TPSA) is 88.8 Å². The van der Waals surface area contributed by atoms with Crippen LogP contribution in [0.4, 0.5) is 0 Å². The SMILES string of the molecule is N=c1ncn(CCc2c(Cl)cccc2Cl)c2nc(Sc3cc4c(cc3Br)OCO4)[nH]c12. The minimum atomic E-state index is 0.131. The lowest BCUT2D eigenvalue weighted by Crippen LogP contribution is -2.13. The number of aryl methyl sites for hydroxylation is 1. The molecular formula is C20H14BrCl2N5O2S. The van der Waals surface area contributed by atoms with Crippen LogP contribution in [0.15, 0.2) is 51.2 Å². The van der Waals surface area contributed by atoms with Crippen molar-refractivity contribution < 1.29 is 9.47 Å². The molecule has 11 heteroatoms. The summed E-state index contributed by atoms with van der Waals surface area (Å²) in [5.41, 5.74) is 2.21. The summed E-state index contributed by atoms with van der Waals surface area (Å²) in [5.74, 6) is 1.39. The van der Waals surface area contributed by atoms with E-state index in [-0.39, 0.29) is 12.3 Å². The second-order valence-electron chi connectivity index (χ2n) is 6.72. The molecule has 4 aromatic rings. The van der Waals surface area contributed by atoms with Crippen LogP contribution in [0.25, 0.3) is 11.2 Å². The van der Waals surface area contributed by atoms with Gasteiger partial charge in [-0.15, -0.1) is 0 Å². The standard InChI is InChI=1S/C20H14BrCl2N5O2S/c21-11-6-14-15(30-9-29-14)7-16(11)31-20-26-17-18(24)25-8-28(19(17)27-20)5-4-10-12(22)2-1-3-13(10)23/h1-3,6-8,24H,4-5,9H2,(H,26,27). The maximum atomic E-state index is 8.17. The predicted molar refractivity (Wildman–Crippen MR) is 122 cm³/mol. The van der Waals surface area contributed by atoms with Crippen LogP contribution in [0, 0.1) is 5.41 Å². The lowest BCUT2D eigenvalue weighted by Gasteiger charge is -2.09. The second kappa shape index (κ2) is 8.38. The molecule has 0 fully saturated rings. The number of halogens is 3. The smallest absolute Gasteiger partial charge is 0.231 e. The summed E-state index contributed by atoms with van der Waals surface area (Å²) in [6.07, 6.45) is 2.22. The van der Waals surface area contributed by atoms with Gasteiger partial charge in [0.1, 0.15) is 5.52 Å². The number of imidazole rings is 1. The molecule has 2 aromatic heterocycles. The van der Waals surface area contributed by atoms with Crippen molar-refractivity contribution in [2.45, 2.75) is 23.0 Å². The summed E-state index contributed by atoms with van der Waals surface area (Å²) in [6.45, 7) is 0.778. The zero-order chi connectivity index (χ0) is 21.5. The van der Waals surface area contributed by atoms with Crippen molar-refractivity contribution in [3.63, 3.8) is 0 Å². The third-order valence-corrected chi connectivity index (χ3v) is 7.37. The van der Waals surface area contributed by atoms with Gasteiger partial charge >= 0.3 is 0 Å². The first kappa shape index (κ1) is 20.7. The maximum absolute atomic E-state index is 8.17. The van der Waals surface area contributed by atoms with Gasteiger partial charge < -0.3 is 19.0 Å². The number of nitrogens with one attached hydrogen (secondary N) is 2. The molecule has 0 radical (unpaired) electrons. The monoisotopic (exact) mass is 537 g/mol. The van der Waals surface area contributed by atoms with E-state index in [0.717, 1.165) is 14.9 Å². The first-order valence-corrected chi connectivity index (χ1v) is 11.6. The van der Waals surface area contributed by atoms with E-state index >= 15 is 0 Å². The molecule has 158 valence electrons. The molecule has 2 aromatic carbocycles. The lowest BCUT2D eigenvalue weighted by molar-refractivity contribution is 0.174. The van der Waals surface area contributed by atoms with Crippen LogP contribution >= 0.6 is 50.9 Å². The highest BCUT2D eigenvalue weighted by Gasteiger charge is 2.18. The Balaban J connectivity index is 1.46. The highest BCUT2D eigenvalue weighted by atomic mass is 79.9. The first-order chi connectivity index (χ1) is 15.0. The van der Waals surface area contributed by atoms with Crippen molar-refractivity contribution in [3.05, 3.63) is 62.2 Å². The van der Waals surface area contributed by atoms with Gasteiger partial charge in [0.2, 0.25) is 6.79 Å². The summed E-state index contributed by atoms with van der Waals surface area (Å²) in [7, 11) is 0. The molecule has 0 aliphatic carbocycles. The van der Waals surface area contributed by atoms with Crippen molar-refractivity contribution in [1.82, 2.24) is 19.5 Å². The number of fused-ring (bicyclic) bond motifs is 2. The molecule has 1 aliphatic rings. The summed E-state index contributed by atoms with van der Waals surface area (Å²) in [4.78, 5) is 13.0. The molecular weight excluding hydrogens is 525 g/mol. The molecule has 0 spiro atoms. The number of hydrogen-bond donors (Lipinski definition) is 2. The van der Waals surface area contributed by atoms with Gasteiger partial charge in [-0.2, -0.15) is 0 Å². The summed E-state index contributed by atoms with van der Waals surface area (Å²) in [5, 5.41) is 10.1. The molecule has 1 aliphatic heterocycles. The van der Waals surface area contributed by atoms with Gasteiger partial charge in [-0.05, 0) is 52.2 Å². The lowest BCUT2D eigenvalue weighted by atomic mass is 10.1. The highest BCUT2D eigenvalue weighted by molar-refractivity contribution is 9.10. The Morgan fingerprint density at radius 2 is 1.94 bits per heavy atom. The number of aromatic nitrogens is 4. The van der Waals surface area contributed by atoms with Gasteiger partial charge in [0, 0.05) is 26.0 Å². The second-order valence-corrected chi connectivity index (χ2v) is 9.41. The first-order valence-electron chi connectivity index (χ1n) is 9.19. The van der Waals surface area contributed by atoms with E-state index in [1.807, 2.05) is 34.9 Å². The van der Waals surface area contributed by atoms with Crippen LogP contribution in [0.3, 0.4) is 0 Å². The van der Waals surface area contributed by atoms with Crippen LogP contribution in [-0.4, -0.2) is 26.3 Å². The van der Waals surface area contributed by atoms with Gasteiger partial charge in [-0.25, -0.2) is 9.97 Å². The minimum absolute atomic E-state index is 0.131. The highest BCUT2D eigenvalue weighted by Crippen LogP contribution is 2.42. The predicted octanol–water partition coefficient (Wildman–Crippen LogP) is 5.43. The van der Waals surface area contributed by atoms with E-state index < -0.39 is 0 Å². The molecule has 0 saturated heterocycles. The third-order valence-electron chi connectivity index (χ3n) is 4.80. The molecule has 7 nitrogen and oxygen atoms in total. The van der Waals surface area contributed by atoms with Crippen molar-refractivity contribution in [2.75, 3.05) is 6.79 Å². The van der Waals surface area contributed by atoms with E-state index in [1.165, 1.54) is 11.8 Å².